The van der Waals surface area contributed by atoms with Crippen LogP contribution >= 0.6 is 11.6 Å². The van der Waals surface area contributed by atoms with Crippen LogP contribution in [0.4, 0.5) is 5.69 Å². The number of ether oxygens (including phenoxy) is 1. The van der Waals surface area contributed by atoms with E-state index in [1.807, 2.05) is 0 Å². The van der Waals surface area contributed by atoms with Crippen molar-refractivity contribution in [2.75, 3.05) is 4.90 Å². The molecular weight excluding hydrogens is 310 g/mol. The van der Waals surface area contributed by atoms with Gasteiger partial charge in [-0.05, 0) is 18.2 Å². The molecule has 0 spiro atoms. The largest absolute Gasteiger partial charge is 0.478 e. The highest BCUT2D eigenvalue weighted by Crippen LogP contribution is 2.43. The van der Waals surface area contributed by atoms with Crippen LogP contribution in [-0.2, 0) is 14.4 Å². The summed E-state index contributed by atoms with van der Waals surface area (Å²) < 4.78 is 5.59. The van der Waals surface area contributed by atoms with Crippen molar-refractivity contribution < 1.29 is 24.2 Å². The summed E-state index contributed by atoms with van der Waals surface area (Å²) in [5.74, 6) is -1.68. The van der Waals surface area contributed by atoms with Crippen LogP contribution in [0.15, 0.2) is 41.3 Å². The van der Waals surface area contributed by atoms with E-state index in [4.69, 9.17) is 16.3 Å². The Morgan fingerprint density at radius 1 is 1.36 bits per heavy atom. The van der Waals surface area contributed by atoms with Gasteiger partial charge in [0, 0.05) is 24.4 Å². The first-order valence-electron chi connectivity index (χ1n) is 6.38. The molecule has 0 atom stereocenters. The lowest BCUT2D eigenvalue weighted by atomic mass is 9.97. The van der Waals surface area contributed by atoms with Crippen molar-refractivity contribution in [2.45, 2.75) is 13.3 Å². The lowest BCUT2D eigenvalue weighted by molar-refractivity contribution is -0.133. The highest BCUT2D eigenvalue weighted by molar-refractivity contribution is 6.31. The summed E-state index contributed by atoms with van der Waals surface area (Å²) in [4.78, 5) is 36.4. The smallest absolute Gasteiger partial charge is 0.334 e. The number of carbonyl (C=O) groups is 3. The summed E-state index contributed by atoms with van der Waals surface area (Å²) in [7, 11) is 0. The van der Waals surface area contributed by atoms with Crippen LogP contribution in [0.25, 0.3) is 0 Å². The predicted octanol–water partition coefficient (Wildman–Crippen LogP) is 2.28. The van der Waals surface area contributed by atoms with Crippen LogP contribution in [0.1, 0.15) is 13.3 Å². The van der Waals surface area contributed by atoms with Crippen LogP contribution < -0.4 is 9.64 Å². The van der Waals surface area contributed by atoms with Crippen LogP contribution in [0, 0.1) is 0 Å². The number of amides is 1. The number of nitrogens with zero attached hydrogens (tertiary/aromatic N) is 1. The summed E-state index contributed by atoms with van der Waals surface area (Å²) in [6, 6.07) is 4.65. The number of carboxylic acids is 1. The zero-order valence-electron chi connectivity index (χ0n) is 11.4. The van der Waals surface area contributed by atoms with Gasteiger partial charge >= 0.3 is 5.97 Å². The molecule has 1 N–H and O–H groups in total. The SMILES string of the molecule is CC(=O)N1C2=C(C(=O)O)CC(=O)C=C2Oc2ccc(Cl)cc21. The second-order valence-electron chi connectivity index (χ2n) is 4.85. The van der Waals surface area contributed by atoms with Gasteiger partial charge in [0.15, 0.2) is 17.3 Å². The van der Waals surface area contributed by atoms with Gasteiger partial charge in [-0.1, -0.05) is 11.6 Å². The van der Waals surface area contributed by atoms with Crippen molar-refractivity contribution in [2.24, 2.45) is 0 Å². The van der Waals surface area contributed by atoms with E-state index in [0.29, 0.717) is 16.5 Å². The average molecular weight is 320 g/mol. The molecule has 7 heteroatoms. The maximum absolute atomic E-state index is 12.1. The zero-order valence-corrected chi connectivity index (χ0v) is 12.2. The van der Waals surface area contributed by atoms with Crippen LogP contribution in [0.3, 0.4) is 0 Å². The molecule has 112 valence electrons. The Labute approximate surface area is 130 Å². The first kappa shape index (κ1) is 14.3. The Balaban J connectivity index is 2.31. The standard InChI is InChI=1S/C15H10ClNO5/c1-7(18)17-11-4-8(16)2-3-12(11)22-13-6-9(19)5-10(14(13)17)15(20)21/h2-4,6H,5H2,1H3,(H,20,21). The molecule has 0 unspecified atom stereocenters. The van der Waals surface area contributed by atoms with Gasteiger partial charge in [0.2, 0.25) is 5.91 Å². The molecular formula is C15H10ClNO5. The van der Waals surface area contributed by atoms with Gasteiger partial charge in [0.25, 0.3) is 0 Å². The lowest BCUT2D eigenvalue weighted by Crippen LogP contribution is -2.37. The molecule has 1 aliphatic heterocycles. The third-order valence-corrected chi connectivity index (χ3v) is 3.58. The van der Waals surface area contributed by atoms with Gasteiger partial charge in [0.1, 0.15) is 5.70 Å². The van der Waals surface area contributed by atoms with E-state index in [2.05, 4.69) is 0 Å². The number of aliphatic carboxylic acids is 1. The molecule has 0 saturated heterocycles. The second kappa shape index (κ2) is 4.99. The minimum absolute atomic E-state index is 0.0543. The minimum Gasteiger partial charge on any atom is -0.478 e. The van der Waals surface area contributed by atoms with Crippen molar-refractivity contribution in [3.8, 4) is 5.75 Å². The molecule has 3 rings (SSSR count). The van der Waals surface area contributed by atoms with E-state index in [9.17, 15) is 19.5 Å². The van der Waals surface area contributed by atoms with E-state index in [1.54, 1.807) is 12.1 Å². The monoisotopic (exact) mass is 319 g/mol. The van der Waals surface area contributed by atoms with E-state index >= 15 is 0 Å². The Hall–Kier alpha value is -2.60. The number of allylic oxidation sites excluding steroid dienone is 1. The van der Waals surface area contributed by atoms with Crippen LogP contribution in [0.5, 0.6) is 5.75 Å². The first-order valence-corrected chi connectivity index (χ1v) is 6.75. The average Bonchev–Trinajstić information content (AvgIpc) is 2.43. The fourth-order valence-corrected chi connectivity index (χ4v) is 2.66. The molecule has 22 heavy (non-hydrogen) atoms. The summed E-state index contributed by atoms with van der Waals surface area (Å²) in [6.45, 7) is 1.30. The molecule has 0 fully saturated rings. The number of fused-ring (bicyclic) bond motifs is 2. The summed E-state index contributed by atoms with van der Waals surface area (Å²) in [6.07, 6.45) is 0.909. The maximum Gasteiger partial charge on any atom is 0.334 e. The van der Waals surface area contributed by atoms with Crippen molar-refractivity contribution in [3.05, 3.63) is 46.3 Å². The van der Waals surface area contributed by atoms with E-state index in [0.717, 1.165) is 0 Å². The number of rotatable bonds is 1. The van der Waals surface area contributed by atoms with Crippen LogP contribution in [0.2, 0.25) is 5.02 Å². The number of benzene rings is 1. The van der Waals surface area contributed by atoms with E-state index in [1.165, 1.54) is 24.0 Å². The molecule has 0 bridgehead atoms. The number of carboxylic acid groups (broad SMARTS) is 1. The molecule has 1 heterocycles. The topological polar surface area (TPSA) is 83.9 Å². The molecule has 0 aromatic heterocycles. The Kier molecular flexibility index (Phi) is 3.26. The van der Waals surface area contributed by atoms with Crippen molar-refractivity contribution in [1.29, 1.82) is 0 Å². The van der Waals surface area contributed by atoms with E-state index < -0.39 is 17.7 Å². The van der Waals surface area contributed by atoms with Gasteiger partial charge in [0.05, 0.1) is 11.3 Å². The highest BCUT2D eigenvalue weighted by atomic mass is 35.5. The predicted molar refractivity (Wildman–Crippen MR) is 77.6 cm³/mol. The number of anilines is 1. The number of halogens is 1. The van der Waals surface area contributed by atoms with Crippen LogP contribution in [-0.4, -0.2) is 22.8 Å². The molecule has 2 aliphatic rings. The van der Waals surface area contributed by atoms with Gasteiger partial charge in [-0.25, -0.2) is 4.79 Å². The minimum atomic E-state index is -1.27. The summed E-state index contributed by atoms with van der Waals surface area (Å²) in [5, 5.41) is 9.72. The third-order valence-electron chi connectivity index (χ3n) is 3.34. The van der Waals surface area contributed by atoms with Gasteiger partial charge < -0.3 is 9.84 Å². The summed E-state index contributed by atoms with van der Waals surface area (Å²) >= 11 is 5.95. The van der Waals surface area contributed by atoms with Crippen molar-refractivity contribution in [3.63, 3.8) is 0 Å². The highest BCUT2D eigenvalue weighted by Gasteiger charge is 2.37. The van der Waals surface area contributed by atoms with Gasteiger partial charge in [-0.15, -0.1) is 0 Å². The van der Waals surface area contributed by atoms with Crippen molar-refractivity contribution in [1.82, 2.24) is 0 Å². The quantitative estimate of drug-likeness (QED) is 0.858. The number of hydrogen-bond acceptors (Lipinski definition) is 4. The molecule has 0 saturated carbocycles. The molecule has 6 nitrogen and oxygen atoms in total. The van der Waals surface area contributed by atoms with Crippen molar-refractivity contribution >= 4 is 34.9 Å². The number of hydrogen-bond donors (Lipinski definition) is 1. The molecule has 1 aromatic carbocycles. The molecule has 1 amide bonds. The van der Waals surface area contributed by atoms with E-state index in [-0.39, 0.29) is 23.5 Å². The fraction of sp³-hybridized carbons (Fsp3) is 0.133. The molecule has 1 aliphatic carbocycles. The normalized spacial score (nSPS) is 16.5. The number of carbonyl (C=O) groups excluding carboxylic acids is 2. The first-order chi connectivity index (χ1) is 10.4. The molecule has 0 radical (unpaired) electrons. The van der Waals surface area contributed by atoms with Gasteiger partial charge in [-0.2, -0.15) is 0 Å². The second-order valence-corrected chi connectivity index (χ2v) is 5.29. The van der Waals surface area contributed by atoms with Gasteiger partial charge in [-0.3, -0.25) is 14.5 Å². The summed E-state index contributed by atoms with van der Waals surface area (Å²) in [5.41, 5.74) is 0.248. The Morgan fingerprint density at radius 3 is 2.73 bits per heavy atom. The number of ketones is 1. The Bertz CT molecular complexity index is 793. The molecule has 1 aromatic rings. The Morgan fingerprint density at radius 2 is 2.09 bits per heavy atom. The third kappa shape index (κ3) is 2.17. The fourth-order valence-electron chi connectivity index (χ4n) is 2.49. The zero-order chi connectivity index (χ0) is 16.0. The lowest BCUT2D eigenvalue weighted by Gasteiger charge is -2.34. The maximum atomic E-state index is 12.1.